The van der Waals surface area contributed by atoms with Crippen LogP contribution in [0.2, 0.25) is 0 Å². The van der Waals surface area contributed by atoms with Crippen LogP contribution in [0.15, 0.2) is 58.2 Å². The van der Waals surface area contributed by atoms with Gasteiger partial charge in [-0.3, -0.25) is 5.41 Å². The molecule has 0 aliphatic rings. The molecule has 0 unspecified atom stereocenters. The number of nitrogens with zero attached hydrogens (tertiary/aromatic N) is 8. The van der Waals surface area contributed by atoms with Crippen LogP contribution in [0.4, 0.5) is 11.5 Å². The van der Waals surface area contributed by atoms with Crippen LogP contribution in [0.5, 0.6) is 0 Å². The van der Waals surface area contributed by atoms with E-state index in [-0.39, 0.29) is 11.8 Å². The zero-order chi connectivity index (χ0) is 22.0. The largest absolute Gasteiger partial charge is 0.324 e. The van der Waals surface area contributed by atoms with Crippen LogP contribution in [0, 0.1) is 24.7 Å². The van der Waals surface area contributed by atoms with Crippen molar-refractivity contribution in [3.05, 3.63) is 60.1 Å². The highest BCUT2D eigenvalue weighted by Gasteiger charge is 2.20. The maximum absolute atomic E-state index is 8.17. The Labute approximate surface area is 176 Å². The molecule has 11 heteroatoms. The number of fused-ring (bicyclic) bond motifs is 1. The number of hydrogen-bond donors (Lipinski definition) is 3. The van der Waals surface area contributed by atoms with E-state index in [9.17, 15) is 0 Å². The molecule has 154 valence electrons. The minimum atomic E-state index is -0.175. The number of nitrogens with one attached hydrogen (secondary N) is 3. The van der Waals surface area contributed by atoms with Crippen LogP contribution in [-0.2, 0) is 0 Å². The molecule has 3 heterocycles. The first-order chi connectivity index (χ1) is 15.0. The van der Waals surface area contributed by atoms with Gasteiger partial charge in [-0.05, 0) is 13.8 Å². The van der Waals surface area contributed by atoms with Gasteiger partial charge in [0, 0.05) is 18.0 Å². The Kier molecular flexibility index (Phi) is 5.14. The van der Waals surface area contributed by atoms with Crippen LogP contribution in [0.1, 0.15) is 17.1 Å². The maximum atomic E-state index is 8.17. The summed E-state index contributed by atoms with van der Waals surface area (Å²) in [5.74, 6) is 0.722. The van der Waals surface area contributed by atoms with Crippen molar-refractivity contribution in [2.45, 2.75) is 13.8 Å². The monoisotopic (exact) mass is 413 g/mol. The fourth-order valence-corrected chi connectivity index (χ4v) is 3.02. The molecule has 0 radical (unpaired) electrons. The van der Waals surface area contributed by atoms with E-state index in [0.29, 0.717) is 34.1 Å². The van der Waals surface area contributed by atoms with Crippen molar-refractivity contribution in [2.75, 3.05) is 0 Å². The van der Waals surface area contributed by atoms with Crippen molar-refractivity contribution >= 4 is 35.5 Å². The molecule has 3 aromatic heterocycles. The highest BCUT2D eigenvalue weighted by molar-refractivity contribution is 5.94. The zero-order valence-electron chi connectivity index (χ0n) is 16.9. The fourth-order valence-electron chi connectivity index (χ4n) is 3.02. The van der Waals surface area contributed by atoms with Gasteiger partial charge in [-0.2, -0.15) is 9.78 Å². The minimum Gasteiger partial charge on any atom is -0.324 e. The summed E-state index contributed by atoms with van der Waals surface area (Å²) >= 11 is 0. The zero-order valence-corrected chi connectivity index (χ0v) is 16.9. The number of aromatic amines is 1. The molecule has 0 spiro atoms. The van der Waals surface area contributed by atoms with Gasteiger partial charge in [0.15, 0.2) is 17.2 Å². The van der Waals surface area contributed by atoms with Crippen LogP contribution in [-0.4, -0.2) is 48.0 Å². The first kappa shape index (κ1) is 19.8. The molecular weight excluding hydrogens is 394 g/mol. The predicted molar refractivity (Wildman–Crippen MR) is 118 cm³/mol. The Bertz CT molecular complexity index is 1350. The Balaban J connectivity index is 1.88. The molecule has 0 fully saturated rings. The van der Waals surface area contributed by atoms with Crippen molar-refractivity contribution < 1.29 is 0 Å². The van der Waals surface area contributed by atoms with E-state index in [1.807, 2.05) is 37.3 Å². The van der Waals surface area contributed by atoms with Gasteiger partial charge in [-0.15, -0.1) is 25.1 Å². The van der Waals surface area contributed by atoms with E-state index in [1.165, 1.54) is 21.6 Å². The number of azo groups is 1. The fraction of sp³-hybridized carbons (Fsp3) is 0.100. The van der Waals surface area contributed by atoms with Crippen molar-refractivity contribution in [1.29, 1.82) is 10.8 Å². The number of aliphatic imine (C=N–C) groups is 1. The Morgan fingerprint density at radius 2 is 1.90 bits per heavy atom. The number of aromatic nitrogens is 6. The lowest BCUT2D eigenvalue weighted by Gasteiger charge is -2.01. The summed E-state index contributed by atoms with van der Waals surface area (Å²) in [7, 11) is 0. The highest BCUT2D eigenvalue weighted by atomic mass is 15.5. The molecule has 11 nitrogen and oxygen atoms in total. The van der Waals surface area contributed by atoms with Crippen LogP contribution >= 0.6 is 0 Å². The third kappa shape index (κ3) is 3.59. The summed E-state index contributed by atoms with van der Waals surface area (Å²) in [6.07, 6.45) is 3.97. The molecule has 0 aliphatic heterocycles. The Morgan fingerprint density at radius 3 is 2.61 bits per heavy atom. The van der Waals surface area contributed by atoms with Gasteiger partial charge in [0.05, 0.1) is 11.3 Å². The van der Waals surface area contributed by atoms with Crippen molar-refractivity contribution in [3.63, 3.8) is 0 Å². The normalized spacial score (nSPS) is 11.7. The summed E-state index contributed by atoms with van der Waals surface area (Å²) in [6.45, 7) is 7.10. The van der Waals surface area contributed by atoms with E-state index in [4.69, 9.17) is 10.8 Å². The number of benzene rings is 1. The third-order valence-electron chi connectivity index (χ3n) is 4.41. The number of rotatable bonds is 5. The number of H-pyrrole nitrogens is 1. The summed E-state index contributed by atoms with van der Waals surface area (Å²) in [4.78, 5) is 7.10. The summed E-state index contributed by atoms with van der Waals surface area (Å²) in [6, 6.07) is 9.58. The quantitative estimate of drug-likeness (QED) is 0.258. The lowest BCUT2D eigenvalue weighted by Crippen LogP contribution is -2.09. The topological polar surface area (TPSA) is 149 Å². The standard InChI is InChI=1S/C20H19N11/c1-4-10-23-20(22)30-18(15(11-21)12(2)27-30)26-25-17-16(14-8-6-5-7-9-14)29-31-19(17)24-13(3)28-31/h4-11,21-22H,1H2,2-3H3,(H,24,28)/b21-11?,22-20?,23-10-,26-25+. The Morgan fingerprint density at radius 1 is 1.13 bits per heavy atom. The summed E-state index contributed by atoms with van der Waals surface area (Å²) < 4.78 is 2.70. The first-order valence-electron chi connectivity index (χ1n) is 9.30. The molecule has 3 N–H and O–H groups in total. The van der Waals surface area contributed by atoms with Gasteiger partial charge < -0.3 is 10.4 Å². The van der Waals surface area contributed by atoms with Crippen molar-refractivity contribution in [1.82, 2.24) is 29.6 Å². The number of allylic oxidation sites excluding steroid dienone is 1. The third-order valence-corrected chi connectivity index (χ3v) is 4.41. The SMILES string of the molecule is C=C/C=N\C(=N)n1nc(C)c(C=N)c1/N=N/c1c(-c2ccccc2)nn2nc(C)[nH]c12. The molecule has 0 amide bonds. The highest BCUT2D eigenvalue weighted by Crippen LogP contribution is 2.34. The van der Waals surface area contributed by atoms with Gasteiger partial charge in [-0.1, -0.05) is 43.0 Å². The van der Waals surface area contributed by atoms with Crippen molar-refractivity contribution in [3.8, 4) is 11.3 Å². The lowest BCUT2D eigenvalue weighted by molar-refractivity contribution is 0.809. The second-order valence-corrected chi connectivity index (χ2v) is 6.53. The summed E-state index contributed by atoms with van der Waals surface area (Å²) in [5.41, 5.74) is 3.49. The molecule has 1 aromatic carbocycles. The van der Waals surface area contributed by atoms with E-state index < -0.39 is 0 Å². The molecule has 0 bridgehead atoms. The number of hydrogen-bond acceptors (Lipinski definition) is 7. The minimum absolute atomic E-state index is 0.175. The second kappa shape index (κ2) is 8.06. The average molecular weight is 413 g/mol. The molecule has 4 rings (SSSR count). The van der Waals surface area contributed by atoms with Gasteiger partial charge in [0.1, 0.15) is 11.5 Å². The Hall–Kier alpha value is -4.54. The van der Waals surface area contributed by atoms with E-state index in [1.54, 1.807) is 6.92 Å². The molecule has 0 saturated carbocycles. The molecular formula is C20H19N11. The maximum Gasteiger partial charge on any atom is 0.245 e. The van der Waals surface area contributed by atoms with Gasteiger partial charge in [-0.25, -0.2) is 4.99 Å². The second-order valence-electron chi connectivity index (χ2n) is 6.53. The molecule has 0 atom stereocenters. The molecule has 4 aromatic rings. The predicted octanol–water partition coefficient (Wildman–Crippen LogP) is 3.99. The van der Waals surface area contributed by atoms with Gasteiger partial charge in [0.25, 0.3) is 0 Å². The first-order valence-corrected chi connectivity index (χ1v) is 9.30. The molecule has 0 aliphatic carbocycles. The van der Waals surface area contributed by atoms with Gasteiger partial charge >= 0.3 is 0 Å². The number of aryl methyl sites for hydroxylation is 2. The smallest absolute Gasteiger partial charge is 0.245 e. The van der Waals surface area contributed by atoms with E-state index in [0.717, 1.165) is 11.8 Å². The summed E-state index contributed by atoms with van der Waals surface area (Å²) in [5, 5.41) is 37.8. The van der Waals surface area contributed by atoms with E-state index >= 15 is 0 Å². The average Bonchev–Trinajstić information content (AvgIpc) is 3.40. The lowest BCUT2D eigenvalue weighted by atomic mass is 10.1. The van der Waals surface area contributed by atoms with Gasteiger partial charge in [0.2, 0.25) is 5.96 Å². The molecule has 31 heavy (non-hydrogen) atoms. The van der Waals surface area contributed by atoms with Crippen LogP contribution in [0.3, 0.4) is 0 Å². The van der Waals surface area contributed by atoms with Crippen LogP contribution in [0.25, 0.3) is 16.9 Å². The van der Waals surface area contributed by atoms with Crippen LogP contribution < -0.4 is 0 Å². The van der Waals surface area contributed by atoms with Crippen molar-refractivity contribution in [2.24, 2.45) is 15.2 Å². The van der Waals surface area contributed by atoms with E-state index in [2.05, 4.69) is 42.1 Å². The molecule has 0 saturated heterocycles.